The second-order valence-corrected chi connectivity index (χ2v) is 6.09. The molecule has 3 N–H and O–H groups in total. The monoisotopic (exact) mass is 296 g/mol. The highest BCUT2D eigenvalue weighted by molar-refractivity contribution is 7.11. The van der Waals surface area contributed by atoms with Crippen molar-refractivity contribution >= 4 is 28.3 Å². The zero-order valence-electron chi connectivity index (χ0n) is 11.6. The number of ether oxygens (including phenoxy) is 1. The maximum Gasteiger partial charge on any atom is 0.258 e. The van der Waals surface area contributed by atoms with Gasteiger partial charge in [0.25, 0.3) is 5.91 Å². The number of carbonyl (C=O) groups excluding carboxylic acids is 1. The van der Waals surface area contributed by atoms with E-state index in [1.807, 2.05) is 0 Å². The molecule has 1 amide bonds. The van der Waals surface area contributed by atoms with Crippen LogP contribution in [0.25, 0.3) is 0 Å². The minimum Gasteiger partial charge on any atom is -0.382 e. The van der Waals surface area contributed by atoms with Crippen molar-refractivity contribution in [2.75, 3.05) is 30.3 Å². The number of anilines is 2. The van der Waals surface area contributed by atoms with Crippen molar-refractivity contribution < 1.29 is 9.53 Å². The smallest absolute Gasteiger partial charge is 0.258 e. The molecule has 1 unspecified atom stereocenters. The average molecular weight is 296 g/mol. The fourth-order valence-electron chi connectivity index (χ4n) is 2.36. The lowest BCUT2D eigenvalue weighted by molar-refractivity contribution is 0.0386. The third-order valence-corrected chi connectivity index (χ3v) is 4.64. The van der Waals surface area contributed by atoms with Crippen LogP contribution in [0.4, 0.5) is 10.8 Å². The van der Waals surface area contributed by atoms with E-state index in [-0.39, 0.29) is 12.0 Å². The summed E-state index contributed by atoms with van der Waals surface area (Å²) in [5, 5.41) is 3.87. The number of nitrogens with zero attached hydrogens (tertiary/aromatic N) is 2. The predicted molar refractivity (Wildman–Crippen MR) is 79.3 cm³/mol. The van der Waals surface area contributed by atoms with Crippen LogP contribution in [-0.4, -0.2) is 42.1 Å². The first-order valence-electron chi connectivity index (χ1n) is 7.11. The van der Waals surface area contributed by atoms with Crippen molar-refractivity contribution in [2.45, 2.75) is 38.3 Å². The summed E-state index contributed by atoms with van der Waals surface area (Å²) in [4.78, 5) is 14.5. The van der Waals surface area contributed by atoms with Crippen LogP contribution in [0, 0.1) is 0 Å². The standard InChI is InChI=1S/C13H20N4O2S/c1-2-9-7-17(5-6-19-9)13-10(11(14)16-20-13)12(18)15-8-3-4-8/h8-9H,2-7H2,1H3,(H2,14,16)(H,15,18). The molecule has 1 saturated carbocycles. The normalized spacial score (nSPS) is 22.9. The molecule has 0 spiro atoms. The Hall–Kier alpha value is -1.34. The number of hydrogen-bond acceptors (Lipinski definition) is 6. The molecule has 1 aliphatic carbocycles. The van der Waals surface area contributed by atoms with Gasteiger partial charge in [0, 0.05) is 19.1 Å². The van der Waals surface area contributed by atoms with E-state index < -0.39 is 0 Å². The van der Waals surface area contributed by atoms with Crippen LogP contribution in [0.5, 0.6) is 0 Å². The fourth-order valence-corrected chi connectivity index (χ4v) is 3.20. The van der Waals surface area contributed by atoms with Gasteiger partial charge in [0.05, 0.1) is 12.7 Å². The SMILES string of the molecule is CCC1CN(c2snc(N)c2C(=O)NC2CC2)CCO1. The maximum absolute atomic E-state index is 12.3. The Morgan fingerprint density at radius 2 is 2.40 bits per heavy atom. The molecule has 7 heteroatoms. The lowest BCUT2D eigenvalue weighted by Crippen LogP contribution is -2.42. The summed E-state index contributed by atoms with van der Waals surface area (Å²) in [5.74, 6) is 0.246. The van der Waals surface area contributed by atoms with Gasteiger partial charge in [-0.1, -0.05) is 6.92 Å². The van der Waals surface area contributed by atoms with Crippen molar-refractivity contribution in [3.8, 4) is 0 Å². The zero-order valence-corrected chi connectivity index (χ0v) is 12.4. The molecule has 2 fully saturated rings. The average Bonchev–Trinajstić information content (AvgIpc) is 3.18. The second-order valence-electron chi connectivity index (χ2n) is 5.34. The van der Waals surface area contributed by atoms with Crippen molar-refractivity contribution in [2.24, 2.45) is 0 Å². The highest BCUT2D eigenvalue weighted by atomic mass is 32.1. The number of rotatable bonds is 4. The van der Waals surface area contributed by atoms with Crippen molar-refractivity contribution in [3.63, 3.8) is 0 Å². The zero-order chi connectivity index (χ0) is 14.1. The molecule has 2 aliphatic rings. The second kappa shape index (κ2) is 5.57. The van der Waals surface area contributed by atoms with Crippen LogP contribution in [0.1, 0.15) is 36.5 Å². The third-order valence-electron chi connectivity index (χ3n) is 3.72. The summed E-state index contributed by atoms with van der Waals surface area (Å²) >= 11 is 1.31. The summed E-state index contributed by atoms with van der Waals surface area (Å²) in [6, 6.07) is 0.322. The first kappa shape index (κ1) is 13.6. The lowest BCUT2D eigenvalue weighted by Gasteiger charge is -2.33. The largest absolute Gasteiger partial charge is 0.382 e. The van der Waals surface area contributed by atoms with Crippen LogP contribution in [0.3, 0.4) is 0 Å². The van der Waals surface area contributed by atoms with E-state index in [4.69, 9.17) is 10.5 Å². The first-order valence-corrected chi connectivity index (χ1v) is 7.89. The number of morpholine rings is 1. The fraction of sp³-hybridized carbons (Fsp3) is 0.692. The van der Waals surface area contributed by atoms with Gasteiger partial charge >= 0.3 is 0 Å². The number of carbonyl (C=O) groups is 1. The van der Waals surface area contributed by atoms with Gasteiger partial charge in [-0.3, -0.25) is 4.79 Å². The minimum absolute atomic E-state index is 0.0895. The molecule has 0 bridgehead atoms. The van der Waals surface area contributed by atoms with Crippen molar-refractivity contribution in [3.05, 3.63) is 5.56 Å². The molecular formula is C13H20N4O2S. The quantitative estimate of drug-likeness (QED) is 0.873. The Kier molecular flexibility index (Phi) is 3.80. The number of hydrogen-bond donors (Lipinski definition) is 2. The molecule has 1 aliphatic heterocycles. The molecule has 0 radical (unpaired) electrons. The van der Waals surface area contributed by atoms with Crippen LogP contribution in [0.15, 0.2) is 0 Å². The van der Waals surface area contributed by atoms with E-state index in [0.29, 0.717) is 24.0 Å². The molecule has 20 heavy (non-hydrogen) atoms. The highest BCUT2D eigenvalue weighted by Gasteiger charge is 2.30. The molecule has 0 aromatic carbocycles. The Morgan fingerprint density at radius 1 is 1.60 bits per heavy atom. The van der Waals surface area contributed by atoms with Gasteiger partial charge in [0.2, 0.25) is 0 Å². The van der Waals surface area contributed by atoms with Gasteiger partial charge in [0.15, 0.2) is 5.82 Å². The topological polar surface area (TPSA) is 80.5 Å². The summed E-state index contributed by atoms with van der Waals surface area (Å²) in [6.45, 7) is 4.36. The third kappa shape index (κ3) is 2.73. The van der Waals surface area contributed by atoms with E-state index >= 15 is 0 Å². The van der Waals surface area contributed by atoms with Crippen molar-refractivity contribution in [1.29, 1.82) is 0 Å². The summed E-state index contributed by atoms with van der Waals surface area (Å²) in [6.07, 6.45) is 3.31. The molecule has 2 heterocycles. The van der Waals surface area contributed by atoms with E-state index in [0.717, 1.165) is 37.4 Å². The molecule has 3 rings (SSSR count). The van der Waals surface area contributed by atoms with Crippen molar-refractivity contribution in [1.82, 2.24) is 9.69 Å². The molecule has 1 aromatic heterocycles. The maximum atomic E-state index is 12.3. The Morgan fingerprint density at radius 3 is 3.10 bits per heavy atom. The van der Waals surface area contributed by atoms with Gasteiger partial charge in [-0.25, -0.2) is 0 Å². The first-order chi connectivity index (χ1) is 9.69. The molecule has 6 nitrogen and oxygen atoms in total. The Balaban J connectivity index is 1.80. The molecular weight excluding hydrogens is 276 g/mol. The van der Waals surface area contributed by atoms with E-state index in [9.17, 15) is 4.79 Å². The molecule has 1 aromatic rings. The number of nitrogens with two attached hydrogens (primary N) is 1. The van der Waals surface area contributed by atoms with Gasteiger partial charge in [0.1, 0.15) is 10.6 Å². The predicted octanol–water partition coefficient (Wildman–Crippen LogP) is 1.23. The van der Waals surface area contributed by atoms with Crippen LogP contribution < -0.4 is 16.0 Å². The molecule has 110 valence electrons. The number of nitrogens with one attached hydrogen (secondary N) is 1. The Bertz CT molecular complexity index is 501. The molecule has 1 saturated heterocycles. The van der Waals surface area contributed by atoms with Gasteiger partial charge in [-0.05, 0) is 30.8 Å². The van der Waals surface area contributed by atoms with Crippen LogP contribution in [-0.2, 0) is 4.74 Å². The minimum atomic E-state index is -0.0895. The van der Waals surface area contributed by atoms with E-state index in [1.165, 1.54) is 11.5 Å². The molecule has 1 atom stereocenters. The van der Waals surface area contributed by atoms with E-state index in [2.05, 4.69) is 21.5 Å². The lowest BCUT2D eigenvalue weighted by atomic mass is 10.2. The number of amides is 1. The van der Waals surface area contributed by atoms with E-state index in [1.54, 1.807) is 0 Å². The summed E-state index contributed by atoms with van der Waals surface area (Å²) in [7, 11) is 0. The summed E-state index contributed by atoms with van der Waals surface area (Å²) < 4.78 is 9.84. The van der Waals surface area contributed by atoms with Crippen LogP contribution in [0.2, 0.25) is 0 Å². The highest BCUT2D eigenvalue weighted by Crippen LogP contribution is 2.32. The van der Waals surface area contributed by atoms with Gasteiger partial charge < -0.3 is 20.7 Å². The Labute approximate surface area is 122 Å². The number of nitrogen functional groups attached to an aromatic ring is 1. The van der Waals surface area contributed by atoms with Gasteiger partial charge in [-0.15, -0.1) is 0 Å². The summed E-state index contributed by atoms with van der Waals surface area (Å²) in [5.41, 5.74) is 6.43. The van der Waals surface area contributed by atoms with Gasteiger partial charge in [-0.2, -0.15) is 4.37 Å². The van der Waals surface area contributed by atoms with Crippen LogP contribution >= 0.6 is 11.5 Å². The number of aromatic nitrogens is 1.